The standard InChI is InChI=1S/C13H30P/c1-6-7-8-9-10-11-12-14(4,5)13(2)3/h13H,6-12H2,1-5H3/q+1. The molecule has 0 aliphatic heterocycles. The second-order valence-corrected chi connectivity index (χ2v) is 10.4. The maximum atomic E-state index is 2.52. The summed E-state index contributed by atoms with van der Waals surface area (Å²) in [5.74, 6) is 0. The maximum absolute atomic E-state index is 2.52. The number of rotatable bonds is 8. The molecule has 0 fully saturated rings. The molecular formula is C13H30P+. The summed E-state index contributed by atoms with van der Waals surface area (Å²) in [4.78, 5) is 0. The predicted molar refractivity (Wildman–Crippen MR) is 72.1 cm³/mol. The summed E-state index contributed by atoms with van der Waals surface area (Å²) in [6.07, 6.45) is 10.2. The Morgan fingerprint density at radius 3 is 1.86 bits per heavy atom. The first-order valence-electron chi connectivity index (χ1n) is 6.33. The van der Waals surface area contributed by atoms with Crippen molar-refractivity contribution in [3.05, 3.63) is 0 Å². The number of hydrogen-bond donors (Lipinski definition) is 0. The van der Waals surface area contributed by atoms with E-state index in [1.54, 1.807) is 0 Å². The lowest BCUT2D eigenvalue weighted by Gasteiger charge is -2.22. The third-order valence-corrected chi connectivity index (χ3v) is 7.75. The highest BCUT2D eigenvalue weighted by atomic mass is 31.2. The minimum absolute atomic E-state index is 0.570. The van der Waals surface area contributed by atoms with E-state index in [2.05, 4.69) is 34.1 Å². The summed E-state index contributed by atoms with van der Waals surface area (Å²) in [6, 6.07) is 0. The highest BCUT2D eigenvalue weighted by Crippen LogP contribution is 2.56. The smallest absolute Gasteiger partial charge is 0.0636 e. The van der Waals surface area contributed by atoms with Crippen LogP contribution in [0.25, 0.3) is 0 Å². The van der Waals surface area contributed by atoms with Gasteiger partial charge in [0.15, 0.2) is 0 Å². The van der Waals surface area contributed by atoms with Crippen molar-refractivity contribution in [3.8, 4) is 0 Å². The Hall–Kier alpha value is 0.430. The first kappa shape index (κ1) is 14.4. The van der Waals surface area contributed by atoms with Gasteiger partial charge in [0.1, 0.15) is 0 Å². The van der Waals surface area contributed by atoms with Gasteiger partial charge in [-0.1, -0.05) is 32.6 Å². The molecule has 14 heavy (non-hydrogen) atoms. The van der Waals surface area contributed by atoms with Crippen LogP contribution in [-0.2, 0) is 0 Å². The molecule has 0 aliphatic carbocycles. The van der Waals surface area contributed by atoms with E-state index in [1.807, 2.05) is 0 Å². The van der Waals surface area contributed by atoms with Crippen LogP contribution in [-0.4, -0.2) is 25.2 Å². The molecule has 0 aromatic heterocycles. The zero-order chi connectivity index (χ0) is 11.0. The fourth-order valence-electron chi connectivity index (χ4n) is 1.56. The molecule has 0 amide bonds. The summed E-state index contributed by atoms with van der Waals surface area (Å²) in [5.41, 5.74) is 0.929. The fourth-order valence-corrected chi connectivity index (χ4v) is 3.11. The SMILES string of the molecule is CCCCCCCC[P+](C)(C)C(C)C. The largest absolute Gasteiger partial charge is 0.0654 e. The van der Waals surface area contributed by atoms with Gasteiger partial charge in [0.2, 0.25) is 0 Å². The second-order valence-electron chi connectivity index (χ2n) is 5.36. The molecule has 0 N–H and O–H groups in total. The number of unbranched alkanes of at least 4 members (excludes halogenated alkanes) is 5. The van der Waals surface area contributed by atoms with Crippen LogP contribution in [0.3, 0.4) is 0 Å². The van der Waals surface area contributed by atoms with Crippen LogP contribution in [0.2, 0.25) is 0 Å². The third-order valence-electron chi connectivity index (χ3n) is 3.49. The van der Waals surface area contributed by atoms with Gasteiger partial charge in [0.25, 0.3) is 0 Å². The normalized spacial score (nSPS) is 12.4. The van der Waals surface area contributed by atoms with Gasteiger partial charge in [-0.15, -0.1) is 0 Å². The van der Waals surface area contributed by atoms with Crippen LogP contribution in [0.15, 0.2) is 0 Å². The molecule has 0 aromatic carbocycles. The second kappa shape index (κ2) is 7.69. The van der Waals surface area contributed by atoms with Crippen LogP contribution in [0.5, 0.6) is 0 Å². The molecule has 0 aliphatic rings. The Labute approximate surface area is 92.2 Å². The van der Waals surface area contributed by atoms with Gasteiger partial charge in [-0.3, -0.25) is 0 Å². The van der Waals surface area contributed by atoms with Gasteiger partial charge in [-0.25, -0.2) is 0 Å². The molecule has 0 saturated carbocycles. The van der Waals surface area contributed by atoms with Gasteiger partial charge in [-0.2, -0.15) is 0 Å². The topological polar surface area (TPSA) is 0 Å². The molecule has 0 rings (SSSR count). The highest BCUT2D eigenvalue weighted by Gasteiger charge is 2.28. The molecule has 0 spiro atoms. The van der Waals surface area contributed by atoms with E-state index < -0.39 is 7.26 Å². The first-order valence-corrected chi connectivity index (χ1v) is 9.27. The first-order chi connectivity index (χ1) is 6.50. The molecule has 0 heterocycles. The zero-order valence-electron chi connectivity index (χ0n) is 11.0. The molecule has 0 radical (unpaired) electrons. The van der Waals surface area contributed by atoms with Crippen molar-refractivity contribution in [1.29, 1.82) is 0 Å². The monoisotopic (exact) mass is 217 g/mol. The molecule has 0 bridgehead atoms. The van der Waals surface area contributed by atoms with Crippen molar-refractivity contribution >= 4 is 7.26 Å². The van der Waals surface area contributed by atoms with Crippen LogP contribution < -0.4 is 0 Å². The molecule has 0 aromatic rings. The van der Waals surface area contributed by atoms with E-state index in [4.69, 9.17) is 0 Å². The minimum atomic E-state index is -0.570. The minimum Gasteiger partial charge on any atom is -0.0654 e. The van der Waals surface area contributed by atoms with E-state index in [1.165, 1.54) is 44.7 Å². The molecule has 0 atom stereocenters. The van der Waals surface area contributed by atoms with Crippen LogP contribution in [0.1, 0.15) is 59.3 Å². The summed E-state index contributed by atoms with van der Waals surface area (Å²) >= 11 is 0. The molecular weight excluding hydrogens is 187 g/mol. The average Bonchev–Trinajstić information content (AvgIpc) is 2.10. The van der Waals surface area contributed by atoms with Crippen molar-refractivity contribution in [3.63, 3.8) is 0 Å². The van der Waals surface area contributed by atoms with Gasteiger partial charge in [-0.05, 0) is 26.7 Å². The lowest BCUT2D eigenvalue weighted by Crippen LogP contribution is -2.07. The van der Waals surface area contributed by atoms with Crippen LogP contribution in [0, 0.1) is 0 Å². The van der Waals surface area contributed by atoms with E-state index in [-0.39, 0.29) is 0 Å². The van der Waals surface area contributed by atoms with Crippen molar-refractivity contribution in [2.24, 2.45) is 0 Å². The average molecular weight is 217 g/mol. The van der Waals surface area contributed by atoms with Gasteiger partial charge in [0.05, 0.1) is 11.8 Å². The highest BCUT2D eigenvalue weighted by molar-refractivity contribution is 7.75. The van der Waals surface area contributed by atoms with Gasteiger partial charge in [0, 0.05) is 20.6 Å². The third kappa shape index (κ3) is 6.82. The maximum Gasteiger partial charge on any atom is 0.0636 e. The Morgan fingerprint density at radius 1 is 0.857 bits per heavy atom. The Bertz CT molecular complexity index is 127. The van der Waals surface area contributed by atoms with Crippen molar-refractivity contribution < 1.29 is 0 Å². The van der Waals surface area contributed by atoms with E-state index in [9.17, 15) is 0 Å². The van der Waals surface area contributed by atoms with Gasteiger partial charge < -0.3 is 0 Å². The summed E-state index contributed by atoms with van der Waals surface area (Å²) < 4.78 is 0. The van der Waals surface area contributed by atoms with Crippen LogP contribution in [0.4, 0.5) is 0 Å². The van der Waals surface area contributed by atoms with Crippen molar-refractivity contribution in [2.45, 2.75) is 65.0 Å². The Balaban J connectivity index is 3.35. The fraction of sp³-hybridized carbons (Fsp3) is 1.00. The number of hydrogen-bond acceptors (Lipinski definition) is 0. The van der Waals surface area contributed by atoms with Crippen molar-refractivity contribution in [1.82, 2.24) is 0 Å². The Morgan fingerprint density at radius 2 is 1.36 bits per heavy atom. The zero-order valence-corrected chi connectivity index (χ0v) is 11.9. The molecule has 0 unspecified atom stereocenters. The lowest BCUT2D eigenvalue weighted by molar-refractivity contribution is 0.625. The summed E-state index contributed by atoms with van der Waals surface area (Å²) in [6.45, 7) is 12.1. The molecule has 0 nitrogen and oxygen atoms in total. The molecule has 1 heteroatoms. The summed E-state index contributed by atoms with van der Waals surface area (Å²) in [5, 5.41) is 0. The quantitative estimate of drug-likeness (QED) is 0.395. The van der Waals surface area contributed by atoms with Crippen LogP contribution >= 0.6 is 7.26 Å². The van der Waals surface area contributed by atoms with E-state index in [0.29, 0.717) is 0 Å². The van der Waals surface area contributed by atoms with Gasteiger partial charge >= 0.3 is 0 Å². The molecule has 0 saturated heterocycles. The van der Waals surface area contributed by atoms with E-state index >= 15 is 0 Å². The lowest BCUT2D eigenvalue weighted by atomic mass is 10.1. The predicted octanol–water partition coefficient (Wildman–Crippen LogP) is 5.03. The Kier molecular flexibility index (Phi) is 7.92. The summed E-state index contributed by atoms with van der Waals surface area (Å²) in [7, 11) is -0.570. The van der Waals surface area contributed by atoms with Crippen molar-refractivity contribution in [2.75, 3.05) is 19.5 Å². The van der Waals surface area contributed by atoms with E-state index in [0.717, 1.165) is 5.66 Å². The molecule has 86 valence electrons.